The van der Waals surface area contributed by atoms with E-state index in [4.69, 9.17) is 4.74 Å². The summed E-state index contributed by atoms with van der Waals surface area (Å²) in [7, 11) is 1.69. The number of aromatic nitrogens is 1. The first-order valence-corrected chi connectivity index (χ1v) is 5.66. The number of hydrogen-bond donors (Lipinski definition) is 1. The summed E-state index contributed by atoms with van der Waals surface area (Å²) in [6.07, 6.45) is -4.88. The summed E-state index contributed by atoms with van der Waals surface area (Å²) < 4.78 is 42.6. The molecule has 1 rings (SSSR count). The van der Waals surface area contributed by atoms with Crippen molar-refractivity contribution in [3.05, 3.63) is 22.3 Å². The van der Waals surface area contributed by atoms with Crippen molar-refractivity contribution in [2.45, 2.75) is 25.7 Å². The van der Waals surface area contributed by atoms with Crippen LogP contribution in [0.25, 0.3) is 0 Å². The number of pyridine rings is 1. The van der Waals surface area contributed by atoms with Crippen molar-refractivity contribution in [3.63, 3.8) is 0 Å². The molecule has 0 saturated carbocycles. The molecule has 0 aromatic carbocycles. The minimum Gasteiger partial charge on any atom is -0.465 e. The maximum atomic E-state index is 12.4. The van der Waals surface area contributed by atoms with Gasteiger partial charge >= 0.3 is 6.18 Å². The third-order valence-electron chi connectivity index (χ3n) is 2.01. The first-order valence-electron chi connectivity index (χ1n) is 4.87. The van der Waals surface area contributed by atoms with E-state index in [1.807, 2.05) is 0 Å². The van der Waals surface area contributed by atoms with Crippen LogP contribution in [0.2, 0.25) is 0 Å². The van der Waals surface area contributed by atoms with Crippen LogP contribution in [0.1, 0.15) is 12.5 Å². The van der Waals surface area contributed by atoms with Gasteiger partial charge in [-0.15, -0.1) is 0 Å². The van der Waals surface area contributed by atoms with Gasteiger partial charge < -0.3 is 10.1 Å². The third kappa shape index (κ3) is 4.16. The van der Waals surface area contributed by atoms with Gasteiger partial charge in [-0.3, -0.25) is 0 Å². The normalized spacial score (nSPS) is 13.5. The summed E-state index contributed by atoms with van der Waals surface area (Å²) in [6, 6.07) is 1.67. The first kappa shape index (κ1) is 14.2. The Kier molecular flexibility index (Phi) is 4.76. The molecule has 1 aromatic heterocycles. The van der Waals surface area contributed by atoms with Gasteiger partial charge in [-0.2, -0.15) is 13.2 Å². The molecule has 0 radical (unpaired) electrons. The lowest BCUT2D eigenvalue weighted by molar-refractivity contribution is -0.190. The minimum atomic E-state index is -4.40. The number of rotatable bonds is 4. The molecule has 0 fully saturated rings. The van der Waals surface area contributed by atoms with Gasteiger partial charge in [0.15, 0.2) is 6.10 Å². The summed E-state index contributed by atoms with van der Waals surface area (Å²) in [5, 5.41) is 2.84. The zero-order valence-corrected chi connectivity index (χ0v) is 10.9. The molecule has 0 amide bonds. The van der Waals surface area contributed by atoms with Gasteiger partial charge in [0.05, 0.1) is 0 Å². The number of hydrogen-bond acceptors (Lipinski definition) is 3. The first-order chi connectivity index (χ1) is 7.84. The van der Waals surface area contributed by atoms with Crippen molar-refractivity contribution >= 4 is 15.9 Å². The van der Waals surface area contributed by atoms with Gasteiger partial charge in [-0.1, -0.05) is 0 Å². The number of halogens is 4. The highest BCUT2D eigenvalue weighted by atomic mass is 79.9. The monoisotopic (exact) mass is 312 g/mol. The summed E-state index contributed by atoms with van der Waals surface area (Å²) in [6.45, 7) is 1.33. The van der Waals surface area contributed by atoms with Gasteiger partial charge in [-0.25, -0.2) is 4.98 Å². The van der Waals surface area contributed by atoms with E-state index in [9.17, 15) is 13.2 Å². The fourth-order valence-corrected chi connectivity index (χ4v) is 1.50. The Morgan fingerprint density at radius 1 is 1.53 bits per heavy atom. The number of nitrogens with one attached hydrogen (secondary N) is 1. The quantitative estimate of drug-likeness (QED) is 0.928. The maximum Gasteiger partial charge on any atom is 0.425 e. The van der Waals surface area contributed by atoms with Crippen LogP contribution in [0.3, 0.4) is 0 Å². The number of ether oxygens (including phenoxy) is 1. The Balaban J connectivity index is 2.90. The van der Waals surface area contributed by atoms with E-state index in [1.54, 1.807) is 13.1 Å². The zero-order valence-electron chi connectivity index (χ0n) is 9.31. The van der Waals surface area contributed by atoms with Crippen LogP contribution in [0, 0.1) is 0 Å². The SMILES string of the molecule is CNCc1cc(Br)cnc1OC(C)C(F)(F)F. The van der Waals surface area contributed by atoms with Crippen LogP contribution in [-0.4, -0.2) is 24.3 Å². The van der Waals surface area contributed by atoms with Crippen LogP contribution >= 0.6 is 15.9 Å². The lowest BCUT2D eigenvalue weighted by Crippen LogP contribution is -2.32. The fraction of sp³-hybridized carbons (Fsp3) is 0.500. The average molecular weight is 313 g/mol. The van der Waals surface area contributed by atoms with E-state index in [0.29, 0.717) is 16.6 Å². The highest BCUT2D eigenvalue weighted by Gasteiger charge is 2.38. The predicted octanol–water partition coefficient (Wildman–Crippen LogP) is 2.89. The average Bonchev–Trinajstić information content (AvgIpc) is 2.21. The molecule has 0 spiro atoms. The van der Waals surface area contributed by atoms with Crippen LogP contribution in [0.4, 0.5) is 13.2 Å². The molecule has 1 heterocycles. The van der Waals surface area contributed by atoms with Crippen molar-refractivity contribution in [2.24, 2.45) is 0 Å². The molecule has 0 aliphatic carbocycles. The Morgan fingerprint density at radius 2 is 2.18 bits per heavy atom. The van der Waals surface area contributed by atoms with Crippen molar-refractivity contribution in [3.8, 4) is 5.88 Å². The second kappa shape index (κ2) is 5.68. The van der Waals surface area contributed by atoms with Crippen LogP contribution in [0.15, 0.2) is 16.7 Å². The van der Waals surface area contributed by atoms with E-state index in [1.165, 1.54) is 6.20 Å². The molecule has 0 aliphatic rings. The van der Waals surface area contributed by atoms with Crippen molar-refractivity contribution in [1.29, 1.82) is 0 Å². The lowest BCUT2D eigenvalue weighted by atomic mass is 10.2. The van der Waals surface area contributed by atoms with E-state index < -0.39 is 12.3 Å². The molecule has 0 saturated heterocycles. The molecule has 1 unspecified atom stereocenters. The van der Waals surface area contributed by atoms with Crippen molar-refractivity contribution < 1.29 is 17.9 Å². The minimum absolute atomic E-state index is 0.00706. The Labute approximate surface area is 106 Å². The molecule has 7 heteroatoms. The van der Waals surface area contributed by atoms with Crippen LogP contribution in [0.5, 0.6) is 5.88 Å². The standard InChI is InChI=1S/C10H12BrF3N2O/c1-6(10(12,13)14)17-9-7(4-15-2)3-8(11)5-16-9/h3,5-6,15H,4H2,1-2H3. The lowest BCUT2D eigenvalue weighted by Gasteiger charge is -2.18. The van der Waals surface area contributed by atoms with E-state index >= 15 is 0 Å². The molecule has 1 aromatic rings. The van der Waals surface area contributed by atoms with E-state index in [-0.39, 0.29) is 5.88 Å². The molecule has 0 aliphatic heterocycles. The molecule has 1 atom stereocenters. The van der Waals surface area contributed by atoms with Gasteiger partial charge in [0.25, 0.3) is 0 Å². The number of alkyl halides is 3. The summed E-state index contributed by atoms with van der Waals surface area (Å²) in [5.74, 6) is -0.00706. The van der Waals surface area contributed by atoms with Gasteiger partial charge in [0, 0.05) is 22.8 Å². The fourth-order valence-electron chi connectivity index (χ4n) is 1.13. The Bertz CT molecular complexity index is 384. The van der Waals surface area contributed by atoms with Gasteiger partial charge in [-0.05, 0) is 36.0 Å². The second-order valence-electron chi connectivity index (χ2n) is 3.45. The summed E-state index contributed by atoms with van der Waals surface area (Å²) in [4.78, 5) is 3.84. The van der Waals surface area contributed by atoms with Crippen LogP contribution < -0.4 is 10.1 Å². The Morgan fingerprint density at radius 3 is 2.71 bits per heavy atom. The smallest absolute Gasteiger partial charge is 0.425 e. The van der Waals surface area contributed by atoms with E-state index in [2.05, 4.69) is 26.2 Å². The van der Waals surface area contributed by atoms with Crippen molar-refractivity contribution in [2.75, 3.05) is 7.05 Å². The topological polar surface area (TPSA) is 34.2 Å². The van der Waals surface area contributed by atoms with Gasteiger partial charge in [0.1, 0.15) is 0 Å². The predicted molar refractivity (Wildman–Crippen MR) is 60.8 cm³/mol. The van der Waals surface area contributed by atoms with E-state index in [0.717, 1.165) is 6.92 Å². The van der Waals surface area contributed by atoms with Crippen molar-refractivity contribution in [1.82, 2.24) is 10.3 Å². The highest BCUT2D eigenvalue weighted by molar-refractivity contribution is 9.10. The number of nitrogens with zero attached hydrogens (tertiary/aromatic N) is 1. The summed E-state index contributed by atoms with van der Waals surface area (Å²) >= 11 is 3.20. The Hall–Kier alpha value is -0.820. The molecule has 17 heavy (non-hydrogen) atoms. The zero-order chi connectivity index (χ0) is 13.1. The molecular formula is C10H12BrF3N2O. The largest absolute Gasteiger partial charge is 0.465 e. The molecule has 1 N–H and O–H groups in total. The molecule has 3 nitrogen and oxygen atoms in total. The van der Waals surface area contributed by atoms with Gasteiger partial charge in [0.2, 0.25) is 5.88 Å². The third-order valence-corrected chi connectivity index (χ3v) is 2.44. The highest BCUT2D eigenvalue weighted by Crippen LogP contribution is 2.27. The van der Waals surface area contributed by atoms with Crippen LogP contribution in [-0.2, 0) is 6.54 Å². The maximum absolute atomic E-state index is 12.4. The molecular weight excluding hydrogens is 301 g/mol. The second-order valence-corrected chi connectivity index (χ2v) is 4.37. The summed E-state index contributed by atoms with van der Waals surface area (Å²) in [5.41, 5.74) is 0.568. The molecule has 0 bridgehead atoms. The molecule has 96 valence electrons.